The van der Waals surface area contributed by atoms with Crippen molar-refractivity contribution in [3.05, 3.63) is 24.3 Å². The van der Waals surface area contributed by atoms with Crippen LogP contribution in [0, 0.1) is 11.3 Å². The highest BCUT2D eigenvalue weighted by atomic mass is 16.5. The second-order valence-electron chi connectivity index (χ2n) is 6.87. The fourth-order valence-electron chi connectivity index (χ4n) is 4.17. The van der Waals surface area contributed by atoms with Gasteiger partial charge in [0.05, 0.1) is 6.10 Å². The molecule has 0 aromatic rings. The van der Waals surface area contributed by atoms with Crippen LogP contribution >= 0.6 is 0 Å². The second kappa shape index (κ2) is 5.25. The quantitative estimate of drug-likeness (QED) is 0.606. The van der Waals surface area contributed by atoms with Gasteiger partial charge in [-0.05, 0) is 38.2 Å². The van der Waals surface area contributed by atoms with Crippen molar-refractivity contribution in [2.75, 3.05) is 0 Å². The highest BCUT2D eigenvalue weighted by molar-refractivity contribution is 5.66. The molecule has 5 atom stereocenters. The van der Waals surface area contributed by atoms with Crippen molar-refractivity contribution in [3.8, 4) is 0 Å². The molecule has 118 valence electrons. The van der Waals surface area contributed by atoms with Crippen molar-refractivity contribution in [3.63, 3.8) is 0 Å². The highest BCUT2D eigenvalue weighted by Crippen LogP contribution is 2.57. The predicted octanol–water partition coefficient (Wildman–Crippen LogP) is 2.35. The number of aliphatic hydroxyl groups excluding tert-OH is 1. The Labute approximate surface area is 126 Å². The summed E-state index contributed by atoms with van der Waals surface area (Å²) in [5.41, 5.74) is -0.729. The van der Waals surface area contributed by atoms with Crippen molar-refractivity contribution >= 4 is 5.97 Å². The van der Waals surface area contributed by atoms with E-state index in [1.165, 1.54) is 6.92 Å². The smallest absolute Gasteiger partial charge is 0.302 e. The second-order valence-corrected chi connectivity index (χ2v) is 6.87. The Balaban J connectivity index is 2.51. The Hall–Kier alpha value is -1.13. The molecule has 2 fully saturated rings. The van der Waals surface area contributed by atoms with E-state index in [2.05, 4.69) is 13.2 Å². The molecule has 5 unspecified atom stereocenters. The fraction of sp³-hybridized carbons (Fsp3) is 0.706. The monoisotopic (exact) mass is 294 g/mol. The minimum absolute atomic E-state index is 0.303. The van der Waals surface area contributed by atoms with Gasteiger partial charge in [0.2, 0.25) is 0 Å². The normalized spacial score (nSPS) is 43.1. The van der Waals surface area contributed by atoms with Gasteiger partial charge in [-0.3, -0.25) is 4.79 Å². The summed E-state index contributed by atoms with van der Waals surface area (Å²) in [4.78, 5) is 11.5. The van der Waals surface area contributed by atoms with E-state index in [0.29, 0.717) is 24.8 Å². The van der Waals surface area contributed by atoms with Crippen LogP contribution in [0.25, 0.3) is 0 Å². The van der Waals surface area contributed by atoms with Gasteiger partial charge in [-0.25, -0.2) is 0 Å². The first kappa shape index (κ1) is 16.2. The Morgan fingerprint density at radius 1 is 1.43 bits per heavy atom. The molecule has 2 saturated carbocycles. The van der Waals surface area contributed by atoms with Crippen LogP contribution in [0.4, 0.5) is 0 Å². The lowest BCUT2D eigenvalue weighted by atomic mass is 9.50. The third-order valence-corrected chi connectivity index (χ3v) is 5.51. The molecule has 2 rings (SSSR count). The molecule has 0 aliphatic heterocycles. The Bertz CT molecular complexity index is 483. The molecule has 4 heteroatoms. The largest absolute Gasteiger partial charge is 0.462 e. The van der Waals surface area contributed by atoms with Crippen molar-refractivity contribution in [2.45, 2.75) is 64.3 Å². The number of hydrogen-bond donors (Lipinski definition) is 2. The molecule has 2 N–H and O–H groups in total. The maximum atomic E-state index is 11.5. The topological polar surface area (TPSA) is 66.8 Å². The minimum atomic E-state index is -1.44. The van der Waals surface area contributed by atoms with Gasteiger partial charge in [-0.2, -0.15) is 0 Å². The van der Waals surface area contributed by atoms with Gasteiger partial charge >= 0.3 is 5.97 Å². The zero-order valence-electron chi connectivity index (χ0n) is 13.2. The van der Waals surface area contributed by atoms with Gasteiger partial charge in [0.15, 0.2) is 0 Å². The van der Waals surface area contributed by atoms with Crippen LogP contribution < -0.4 is 0 Å². The third-order valence-electron chi connectivity index (χ3n) is 5.51. The van der Waals surface area contributed by atoms with Crippen molar-refractivity contribution in [1.29, 1.82) is 0 Å². The summed E-state index contributed by atoms with van der Waals surface area (Å²) in [5, 5.41) is 22.1. The van der Waals surface area contributed by atoms with Crippen molar-refractivity contribution in [1.82, 2.24) is 0 Å². The van der Waals surface area contributed by atoms with Crippen LogP contribution in [0.5, 0.6) is 0 Å². The maximum Gasteiger partial charge on any atom is 0.302 e. The van der Waals surface area contributed by atoms with Gasteiger partial charge in [-0.1, -0.05) is 25.7 Å². The molecule has 4 nitrogen and oxygen atoms in total. The molecule has 0 heterocycles. The van der Waals surface area contributed by atoms with Gasteiger partial charge in [0.1, 0.15) is 11.7 Å². The summed E-state index contributed by atoms with van der Waals surface area (Å²) in [5.74, 6) is -0.668. The van der Waals surface area contributed by atoms with E-state index in [-0.39, 0.29) is 11.9 Å². The predicted molar refractivity (Wildman–Crippen MR) is 80.5 cm³/mol. The zero-order chi connectivity index (χ0) is 16.0. The number of fused-ring (bicyclic) bond motifs is 1. The Morgan fingerprint density at radius 2 is 2.05 bits per heavy atom. The molecule has 0 saturated heterocycles. The Kier molecular flexibility index (Phi) is 4.06. The third kappa shape index (κ3) is 2.25. The minimum Gasteiger partial charge on any atom is -0.462 e. The van der Waals surface area contributed by atoms with Crippen LogP contribution in [-0.2, 0) is 9.53 Å². The van der Waals surface area contributed by atoms with Crippen LogP contribution in [0.15, 0.2) is 24.3 Å². The molecule has 0 radical (unpaired) electrons. The van der Waals surface area contributed by atoms with Gasteiger partial charge in [0.25, 0.3) is 0 Å². The first-order valence-corrected chi connectivity index (χ1v) is 7.56. The van der Waals surface area contributed by atoms with Gasteiger partial charge < -0.3 is 14.9 Å². The number of rotatable bonds is 2. The lowest BCUT2D eigenvalue weighted by molar-refractivity contribution is -0.231. The molecule has 21 heavy (non-hydrogen) atoms. The fourth-order valence-corrected chi connectivity index (χ4v) is 4.17. The summed E-state index contributed by atoms with van der Waals surface area (Å²) in [6.07, 6.45) is 1.34. The standard InChI is InChI=1S/C17H26O4/c1-10(2)13-9-14(21-12(4)18)16(5)8-6-7-11(3)17(16,20)15(13)19/h13-15,19-20H,1,3,6-9H2,2,4-5H3. The molecule has 2 aliphatic carbocycles. The van der Waals surface area contributed by atoms with E-state index in [0.717, 1.165) is 12.0 Å². The first-order valence-electron chi connectivity index (χ1n) is 7.56. The average Bonchev–Trinajstić information content (AvgIpc) is 2.37. The molecular formula is C17H26O4. The zero-order valence-corrected chi connectivity index (χ0v) is 13.2. The van der Waals surface area contributed by atoms with E-state index in [1.54, 1.807) is 0 Å². The summed E-state index contributed by atoms with van der Waals surface area (Å²) in [6.45, 7) is 13.0. The van der Waals surface area contributed by atoms with E-state index in [1.807, 2.05) is 13.8 Å². The summed E-state index contributed by atoms with van der Waals surface area (Å²) in [7, 11) is 0. The van der Waals surface area contributed by atoms with Crippen LogP contribution in [-0.4, -0.2) is 34.0 Å². The lowest BCUT2D eigenvalue weighted by Gasteiger charge is -2.60. The highest BCUT2D eigenvalue weighted by Gasteiger charge is 2.64. The molecule has 0 aromatic heterocycles. The van der Waals surface area contributed by atoms with E-state index >= 15 is 0 Å². The number of carbonyl (C=O) groups excluding carboxylic acids is 1. The van der Waals surface area contributed by atoms with Crippen LogP contribution in [0.2, 0.25) is 0 Å². The van der Waals surface area contributed by atoms with Gasteiger partial charge in [-0.15, -0.1) is 0 Å². The van der Waals surface area contributed by atoms with E-state index < -0.39 is 23.2 Å². The SMILES string of the molecule is C=C(C)C1CC(OC(C)=O)C2(C)CCCC(=C)C2(O)C1O. The Morgan fingerprint density at radius 3 is 2.57 bits per heavy atom. The van der Waals surface area contributed by atoms with Crippen molar-refractivity contribution < 1.29 is 19.7 Å². The summed E-state index contributed by atoms with van der Waals surface area (Å²) in [6, 6.07) is 0. The van der Waals surface area contributed by atoms with Gasteiger partial charge in [0, 0.05) is 18.3 Å². The number of ether oxygens (including phenoxy) is 1. The number of carbonyl (C=O) groups is 1. The van der Waals surface area contributed by atoms with E-state index in [4.69, 9.17) is 4.74 Å². The molecule has 2 aliphatic rings. The average molecular weight is 294 g/mol. The summed E-state index contributed by atoms with van der Waals surface area (Å²) >= 11 is 0. The first-order chi connectivity index (χ1) is 9.64. The van der Waals surface area contributed by atoms with E-state index in [9.17, 15) is 15.0 Å². The van der Waals surface area contributed by atoms with Crippen molar-refractivity contribution in [2.24, 2.45) is 11.3 Å². The molecule has 0 bridgehead atoms. The molecule has 0 aromatic carbocycles. The number of esters is 1. The summed E-state index contributed by atoms with van der Waals surface area (Å²) < 4.78 is 5.51. The molecule has 0 amide bonds. The number of hydrogen-bond acceptors (Lipinski definition) is 4. The van der Waals surface area contributed by atoms with Crippen LogP contribution in [0.3, 0.4) is 0 Å². The molecular weight excluding hydrogens is 268 g/mol. The van der Waals surface area contributed by atoms with Crippen LogP contribution in [0.1, 0.15) is 46.5 Å². The molecule has 0 spiro atoms. The maximum absolute atomic E-state index is 11.5. The lowest BCUT2D eigenvalue weighted by Crippen LogP contribution is -2.68. The number of aliphatic hydroxyl groups is 2.